The summed E-state index contributed by atoms with van der Waals surface area (Å²) < 4.78 is 5.23. The zero-order valence-electron chi connectivity index (χ0n) is 13.6. The van der Waals surface area contributed by atoms with Gasteiger partial charge in [-0.05, 0) is 29.3 Å². The van der Waals surface area contributed by atoms with Crippen molar-refractivity contribution < 1.29 is 9.21 Å². The fraction of sp³-hybridized carbons (Fsp3) is 0.150. The number of carbonyl (C=O) groups is 1. The summed E-state index contributed by atoms with van der Waals surface area (Å²) in [5.74, 6) is 1.14. The summed E-state index contributed by atoms with van der Waals surface area (Å²) in [5, 5.41) is 6.49. The van der Waals surface area contributed by atoms with Gasteiger partial charge in [-0.3, -0.25) is 4.79 Å². The highest BCUT2D eigenvalue weighted by Gasteiger charge is 2.24. The van der Waals surface area contributed by atoms with Gasteiger partial charge in [-0.15, -0.1) is 11.8 Å². The zero-order valence-corrected chi connectivity index (χ0v) is 14.4. The summed E-state index contributed by atoms with van der Waals surface area (Å²) in [4.78, 5) is 12.1. The first-order valence-corrected chi connectivity index (χ1v) is 9.22. The largest absolute Gasteiger partial charge is 0.467 e. The van der Waals surface area contributed by atoms with Crippen molar-refractivity contribution in [3.63, 3.8) is 0 Å². The molecule has 5 heteroatoms. The Morgan fingerprint density at radius 2 is 1.84 bits per heavy atom. The normalized spacial score (nSPS) is 15.0. The molecule has 1 aromatic heterocycles. The lowest BCUT2D eigenvalue weighted by Gasteiger charge is -2.29. The maximum Gasteiger partial charge on any atom is 0.230 e. The highest BCUT2D eigenvalue weighted by molar-refractivity contribution is 8.00. The molecule has 3 aromatic rings. The zero-order chi connectivity index (χ0) is 17.1. The summed E-state index contributed by atoms with van der Waals surface area (Å²) in [6.07, 6.45) is 1.61. The highest BCUT2D eigenvalue weighted by atomic mass is 32.2. The summed E-state index contributed by atoms with van der Waals surface area (Å²) in [5.41, 5.74) is 4.75. The second kappa shape index (κ2) is 7.07. The third-order valence-electron chi connectivity index (χ3n) is 4.17. The van der Waals surface area contributed by atoms with E-state index in [1.807, 2.05) is 30.3 Å². The Morgan fingerprint density at radius 3 is 2.68 bits per heavy atom. The average Bonchev–Trinajstić information content (AvgIpc) is 3.18. The molecule has 0 unspecified atom stereocenters. The molecule has 1 atom stereocenters. The molecule has 0 radical (unpaired) electrons. The fourth-order valence-electron chi connectivity index (χ4n) is 2.97. The molecule has 1 aliphatic rings. The van der Waals surface area contributed by atoms with Crippen LogP contribution >= 0.6 is 11.8 Å². The number of furan rings is 1. The number of hydrogen-bond acceptors (Lipinski definition) is 4. The van der Waals surface area contributed by atoms with Gasteiger partial charge in [-0.25, -0.2) is 0 Å². The first kappa shape index (κ1) is 15.8. The van der Waals surface area contributed by atoms with Gasteiger partial charge in [0.15, 0.2) is 0 Å². The molecule has 0 spiro atoms. The number of fused-ring (bicyclic) bond motifs is 3. The molecule has 4 rings (SSSR count). The van der Waals surface area contributed by atoms with E-state index in [-0.39, 0.29) is 11.3 Å². The van der Waals surface area contributed by atoms with Crippen LogP contribution in [0.4, 0.5) is 5.69 Å². The van der Waals surface area contributed by atoms with E-state index in [2.05, 4.69) is 41.0 Å². The molecule has 0 bridgehead atoms. The minimum atomic E-state index is -0.000426. The Bertz CT molecular complexity index is 877. The molecule has 1 aliphatic heterocycles. The van der Waals surface area contributed by atoms with Crippen LogP contribution in [0.25, 0.3) is 11.1 Å². The van der Waals surface area contributed by atoms with Crippen LogP contribution in [0.3, 0.4) is 0 Å². The first-order valence-electron chi connectivity index (χ1n) is 8.17. The van der Waals surface area contributed by atoms with Crippen molar-refractivity contribution in [2.45, 2.75) is 11.9 Å². The van der Waals surface area contributed by atoms with Crippen LogP contribution in [0, 0.1) is 0 Å². The van der Waals surface area contributed by atoms with E-state index in [9.17, 15) is 4.79 Å². The number of hydrogen-bond donors (Lipinski definition) is 2. The fourth-order valence-corrected chi connectivity index (χ4v) is 3.99. The standard InChI is InChI=1S/C20H18N2O2S/c23-19(21-12-14-6-5-11-24-14)13-25-20-17-9-2-1-7-15(17)16-8-3-4-10-18(16)22-20/h1-11,20,22H,12-13H2,(H,21,23)/t20-/m1/s1. The molecule has 0 fully saturated rings. The minimum Gasteiger partial charge on any atom is -0.467 e. The third kappa shape index (κ3) is 3.42. The quantitative estimate of drug-likeness (QED) is 0.715. The Labute approximate surface area is 150 Å². The van der Waals surface area contributed by atoms with Crippen LogP contribution in [-0.2, 0) is 11.3 Å². The lowest BCUT2D eigenvalue weighted by molar-refractivity contribution is -0.118. The van der Waals surface area contributed by atoms with Gasteiger partial charge in [-0.1, -0.05) is 42.5 Å². The first-order chi connectivity index (χ1) is 12.3. The second-order valence-corrected chi connectivity index (χ2v) is 6.92. The van der Waals surface area contributed by atoms with Gasteiger partial charge in [-0.2, -0.15) is 0 Å². The summed E-state index contributed by atoms with van der Waals surface area (Å²) in [6, 6.07) is 20.3. The SMILES string of the molecule is O=C(CS[C@H]1Nc2ccccc2-c2ccccc21)NCc1ccco1. The molecular formula is C20H18N2O2S. The smallest absolute Gasteiger partial charge is 0.230 e. The van der Waals surface area contributed by atoms with Gasteiger partial charge in [0.2, 0.25) is 5.91 Å². The number of carbonyl (C=O) groups excluding carboxylic acids is 1. The molecular weight excluding hydrogens is 332 g/mol. The van der Waals surface area contributed by atoms with Crippen LogP contribution in [0.2, 0.25) is 0 Å². The van der Waals surface area contributed by atoms with Gasteiger partial charge in [0.05, 0.1) is 23.9 Å². The molecule has 2 N–H and O–H groups in total. The van der Waals surface area contributed by atoms with E-state index in [1.165, 1.54) is 16.7 Å². The predicted molar refractivity (Wildman–Crippen MR) is 101 cm³/mol. The summed E-state index contributed by atoms with van der Waals surface area (Å²) in [6.45, 7) is 0.421. The topological polar surface area (TPSA) is 54.3 Å². The van der Waals surface area contributed by atoms with E-state index in [0.29, 0.717) is 12.3 Å². The van der Waals surface area contributed by atoms with Gasteiger partial charge in [0.1, 0.15) is 5.76 Å². The van der Waals surface area contributed by atoms with Crippen molar-refractivity contribution in [3.05, 3.63) is 78.3 Å². The number of benzene rings is 2. The Hall–Kier alpha value is -2.66. The van der Waals surface area contributed by atoms with Crippen LogP contribution in [0.5, 0.6) is 0 Å². The molecule has 2 heterocycles. The minimum absolute atomic E-state index is 0.000426. The molecule has 25 heavy (non-hydrogen) atoms. The van der Waals surface area contributed by atoms with Crippen LogP contribution in [-0.4, -0.2) is 11.7 Å². The van der Waals surface area contributed by atoms with E-state index in [0.717, 1.165) is 11.4 Å². The van der Waals surface area contributed by atoms with E-state index >= 15 is 0 Å². The predicted octanol–water partition coefficient (Wildman–Crippen LogP) is 4.42. The van der Waals surface area contributed by atoms with Gasteiger partial charge < -0.3 is 15.1 Å². The Morgan fingerprint density at radius 1 is 1.04 bits per heavy atom. The number of amides is 1. The second-order valence-electron chi connectivity index (χ2n) is 5.82. The maximum atomic E-state index is 12.1. The van der Waals surface area contributed by atoms with Crippen molar-refractivity contribution in [3.8, 4) is 11.1 Å². The molecule has 2 aromatic carbocycles. The lowest BCUT2D eigenvalue weighted by atomic mass is 9.95. The number of anilines is 1. The number of nitrogens with one attached hydrogen (secondary N) is 2. The van der Waals surface area contributed by atoms with Crippen LogP contribution in [0.15, 0.2) is 71.3 Å². The van der Waals surface area contributed by atoms with Crippen molar-refractivity contribution >= 4 is 23.4 Å². The lowest BCUT2D eigenvalue weighted by Crippen LogP contribution is -2.25. The van der Waals surface area contributed by atoms with Crippen molar-refractivity contribution in [1.29, 1.82) is 0 Å². The van der Waals surface area contributed by atoms with Crippen LogP contribution < -0.4 is 10.6 Å². The monoisotopic (exact) mass is 350 g/mol. The highest BCUT2D eigenvalue weighted by Crippen LogP contribution is 2.44. The molecule has 1 amide bonds. The Kier molecular flexibility index (Phi) is 4.48. The van der Waals surface area contributed by atoms with Crippen molar-refractivity contribution in [2.75, 3.05) is 11.1 Å². The van der Waals surface area contributed by atoms with E-state index in [4.69, 9.17) is 4.42 Å². The maximum absolute atomic E-state index is 12.1. The summed E-state index contributed by atoms with van der Waals surface area (Å²) >= 11 is 1.60. The van der Waals surface area contributed by atoms with Crippen molar-refractivity contribution in [1.82, 2.24) is 5.32 Å². The van der Waals surface area contributed by atoms with Crippen molar-refractivity contribution in [2.24, 2.45) is 0 Å². The molecule has 0 saturated carbocycles. The van der Waals surface area contributed by atoms with E-state index < -0.39 is 0 Å². The van der Waals surface area contributed by atoms with E-state index in [1.54, 1.807) is 18.0 Å². The molecule has 0 saturated heterocycles. The average molecular weight is 350 g/mol. The summed E-state index contributed by atoms with van der Waals surface area (Å²) in [7, 11) is 0. The third-order valence-corrected chi connectivity index (χ3v) is 5.30. The number of thioether (sulfide) groups is 1. The van der Waals surface area contributed by atoms with Gasteiger partial charge in [0.25, 0.3) is 0 Å². The molecule has 0 aliphatic carbocycles. The number of para-hydroxylation sites is 1. The number of rotatable bonds is 5. The van der Waals surface area contributed by atoms with Crippen LogP contribution in [0.1, 0.15) is 16.7 Å². The van der Waals surface area contributed by atoms with Gasteiger partial charge in [0, 0.05) is 11.3 Å². The van der Waals surface area contributed by atoms with Gasteiger partial charge >= 0.3 is 0 Å². The Balaban J connectivity index is 1.44. The molecule has 4 nitrogen and oxygen atoms in total. The molecule has 126 valence electrons.